The summed E-state index contributed by atoms with van der Waals surface area (Å²) in [5, 5.41) is 22.1. The minimum atomic E-state index is -1.05. The first-order valence-corrected chi connectivity index (χ1v) is 41.1. The van der Waals surface area contributed by atoms with E-state index in [-0.39, 0.29) is 39.0 Å². The lowest BCUT2D eigenvalue weighted by molar-refractivity contribution is -0.137. The van der Waals surface area contributed by atoms with Crippen LogP contribution in [0.4, 0.5) is 5.69 Å². The second kappa shape index (κ2) is 43.0. The average Bonchev–Trinajstić information content (AvgIpc) is 1.49. The number of pyridine rings is 4. The van der Waals surface area contributed by atoms with E-state index in [1.54, 1.807) is 190 Å². The fourth-order valence-corrected chi connectivity index (χ4v) is 14.7. The quantitative estimate of drug-likeness (QED) is 0.0222. The lowest BCUT2D eigenvalue weighted by Gasteiger charge is -2.13. The molecule has 4 N–H and O–H groups in total. The van der Waals surface area contributed by atoms with Crippen LogP contribution in [0.3, 0.4) is 0 Å². The van der Waals surface area contributed by atoms with E-state index in [1.165, 1.54) is 19.8 Å². The highest BCUT2D eigenvalue weighted by Crippen LogP contribution is 2.44. The van der Waals surface area contributed by atoms with Crippen LogP contribution in [0.5, 0.6) is 103 Å². The van der Waals surface area contributed by atoms with Crippen molar-refractivity contribution < 1.29 is 124 Å². The average molecular weight is 2050 g/mol. The first-order chi connectivity index (χ1) is 61.0. The summed E-state index contributed by atoms with van der Waals surface area (Å²) in [7, 11) is 12.4. The summed E-state index contributed by atoms with van der Waals surface area (Å²) in [4.78, 5) is 74.2. The second-order valence-electron chi connectivity index (χ2n) is 26.6. The van der Waals surface area contributed by atoms with Crippen LogP contribution in [0, 0.1) is 17.6 Å². The highest BCUT2D eigenvalue weighted by molar-refractivity contribution is 14.1. The van der Waals surface area contributed by atoms with Gasteiger partial charge in [-0.25, -0.2) is 9.59 Å². The van der Waals surface area contributed by atoms with E-state index in [4.69, 9.17) is 101 Å². The molecular formula is C92H80I3N5O26. The molecule has 0 saturated carbocycles. The standard InChI is InChI=1S/C23H20INO6.C21H16INO6.C12H9NO4.C11H9NO2.C9H9IO3.C9H10O3.C7H7NO2/c1-4-29-23(26)16(7-13-8-19(27-2)20(28-3)10-17(13)24)14-5-6-25-18-11-22-21(9-15(14)18)30-12-31-22;1-26-17-6-11(15(22)8-18(17)27-2)5-14(21(24)25)12-3-4-23-16-9-20-19(7-13(12)16)28-10-29-20;14-12(15)3-7-1-2-13-9-5-11-10(4-8(7)9)16-6-17-11;1-7-2-3-12-9-5-11-10(4-8(7)9)13-6-14-11;1-12-8-3-6(5-11)7(10)4-9(8)13-2;1-11-8-4-3-7(6-10)5-9(8)12-2;8-5-1-2-6-7(3-5)10-4-9-6/h5-11H,4,12H2,1-3H3;3-9H,10H2,1-2H3,(H,24,25);1-2,4-5H,3,6H2,(H,14,15);2-5H,6H2,1H3;3-5H,1-2H3;3-6H,1-2H3;1-3H,4,8H2/b16-7+;14-5+;;;;;. The van der Waals surface area contributed by atoms with E-state index in [2.05, 4.69) is 94.6 Å². The van der Waals surface area contributed by atoms with Gasteiger partial charge < -0.3 is 106 Å². The molecule has 0 bridgehead atoms. The van der Waals surface area contributed by atoms with Crippen molar-refractivity contribution >= 4 is 171 Å². The van der Waals surface area contributed by atoms with E-state index >= 15 is 0 Å². The van der Waals surface area contributed by atoms with Gasteiger partial charge in [0.25, 0.3) is 0 Å². The number of halogens is 3. The summed E-state index contributed by atoms with van der Waals surface area (Å²) in [6.07, 6.45) is 11.6. The second-order valence-corrected chi connectivity index (χ2v) is 30.1. The van der Waals surface area contributed by atoms with Gasteiger partial charge in [0.2, 0.25) is 34.0 Å². The van der Waals surface area contributed by atoms with Crippen molar-refractivity contribution in [3.8, 4) is 103 Å². The topological polar surface area (TPSA) is 379 Å². The number of methoxy groups -OCH3 is 8. The zero-order valence-corrected chi connectivity index (χ0v) is 75.6. The van der Waals surface area contributed by atoms with E-state index in [9.17, 15) is 29.1 Å². The third-order valence-corrected chi connectivity index (χ3v) is 21.9. The molecule has 9 aromatic carbocycles. The summed E-state index contributed by atoms with van der Waals surface area (Å²) in [6, 6.07) is 42.8. The number of nitrogen functional groups attached to an aromatic ring is 1. The van der Waals surface area contributed by atoms with Crippen LogP contribution in [-0.2, 0) is 25.5 Å². The fourth-order valence-electron chi connectivity index (χ4n) is 12.9. The predicted octanol–water partition coefficient (Wildman–Crippen LogP) is 17.4. The molecule has 5 aliphatic rings. The molecule has 0 radical (unpaired) electrons. The van der Waals surface area contributed by atoms with Crippen molar-refractivity contribution in [2.75, 3.05) is 103 Å². The Morgan fingerprint density at radius 2 is 0.746 bits per heavy atom. The van der Waals surface area contributed by atoms with Gasteiger partial charge in [0.15, 0.2) is 110 Å². The van der Waals surface area contributed by atoms with Crippen LogP contribution in [0.25, 0.3) is 66.9 Å². The largest absolute Gasteiger partial charge is 0.493 e. The van der Waals surface area contributed by atoms with Crippen molar-refractivity contribution in [2.24, 2.45) is 0 Å². The molecule has 0 fully saturated rings. The van der Waals surface area contributed by atoms with Gasteiger partial charge >= 0.3 is 17.9 Å². The van der Waals surface area contributed by atoms with E-state index in [0.29, 0.717) is 155 Å². The number of rotatable bonds is 19. The SMILES string of the molecule is CCOC(=O)/C(=C/c1cc(OC)c(OC)cc1I)c1ccnc2cc3c(cc12)OCO3.COc1cc(I)c(/C=C(/C(=O)O)c2ccnc3cc4c(cc23)OCO4)cc1OC.COc1cc(I)c(C=O)cc1OC.COc1ccc(C=O)cc1OC.Cc1ccnc2cc3c(cc12)OCO3.Nc1ccc2c(c1)OCO2.O=C(O)Cc1ccnc2cc3c(cc12)OCO3. The number of hydrogen-bond donors (Lipinski definition) is 3. The number of anilines is 1. The molecule has 5 aliphatic heterocycles. The van der Waals surface area contributed by atoms with E-state index in [0.717, 1.165) is 79.1 Å². The number of esters is 1. The predicted molar refractivity (Wildman–Crippen MR) is 492 cm³/mol. The zero-order valence-electron chi connectivity index (χ0n) is 69.1. The Morgan fingerprint density at radius 1 is 0.389 bits per heavy atom. The summed E-state index contributed by atoms with van der Waals surface area (Å²) in [5.41, 5.74) is 15.5. The molecule has 4 aromatic heterocycles. The Kier molecular flexibility index (Phi) is 31.2. The summed E-state index contributed by atoms with van der Waals surface area (Å²) in [5.74, 6) is 9.15. The molecule has 18 rings (SSSR count). The lowest BCUT2D eigenvalue weighted by Crippen LogP contribution is -2.08. The molecule has 13 aromatic rings. The van der Waals surface area contributed by atoms with Gasteiger partial charge in [-0.05, 0) is 231 Å². The number of carbonyl (C=O) groups excluding carboxylic acids is 3. The summed E-state index contributed by atoms with van der Waals surface area (Å²) in [6.45, 7) is 5.19. The van der Waals surface area contributed by atoms with Crippen LogP contribution in [-0.4, -0.2) is 158 Å². The third kappa shape index (κ3) is 21.9. The van der Waals surface area contributed by atoms with Crippen molar-refractivity contribution in [2.45, 2.75) is 20.3 Å². The van der Waals surface area contributed by atoms with Crippen molar-refractivity contribution in [3.05, 3.63) is 226 Å². The van der Waals surface area contributed by atoms with Gasteiger partial charge in [0.1, 0.15) is 6.29 Å². The Hall–Kier alpha value is -13.8. The van der Waals surface area contributed by atoms with Crippen molar-refractivity contribution in [3.63, 3.8) is 0 Å². The Labute approximate surface area is 761 Å². The summed E-state index contributed by atoms with van der Waals surface area (Å²) >= 11 is 6.41. The number of aliphatic carboxylic acids is 2. The number of aldehydes is 2. The first kappa shape index (κ1) is 91.4. The van der Waals surface area contributed by atoms with Crippen LogP contribution in [0.1, 0.15) is 61.0 Å². The molecule has 126 heavy (non-hydrogen) atoms. The highest BCUT2D eigenvalue weighted by Gasteiger charge is 2.26. The van der Waals surface area contributed by atoms with Crippen LogP contribution < -0.4 is 91.0 Å². The number of ether oxygens (including phenoxy) is 19. The minimum absolute atomic E-state index is 0.0291. The van der Waals surface area contributed by atoms with Crippen molar-refractivity contribution in [1.29, 1.82) is 0 Å². The maximum atomic E-state index is 13.0. The number of nitrogens with two attached hydrogens (primary N) is 1. The van der Waals surface area contributed by atoms with Gasteiger partial charge in [0, 0.05) is 115 Å². The number of aromatic nitrogens is 4. The number of fused-ring (bicyclic) bond motifs is 9. The molecule has 34 heteroatoms. The smallest absolute Gasteiger partial charge is 0.338 e. The number of aryl methyl sites for hydroxylation is 1. The monoisotopic (exact) mass is 2050 g/mol. The van der Waals surface area contributed by atoms with Gasteiger partial charge in [-0.15, -0.1) is 0 Å². The molecule has 31 nitrogen and oxygen atoms in total. The maximum absolute atomic E-state index is 13.0. The maximum Gasteiger partial charge on any atom is 0.338 e. The molecule has 0 atom stereocenters. The Balaban J connectivity index is 0.000000139. The van der Waals surface area contributed by atoms with Crippen LogP contribution in [0.15, 0.2) is 170 Å². The fraction of sp³-hybridized carbons (Fsp3) is 0.185. The van der Waals surface area contributed by atoms with Gasteiger partial charge in [-0.2, -0.15) is 0 Å². The molecule has 0 aliphatic carbocycles. The number of carboxylic acids is 2. The molecule has 0 unspecified atom stereocenters. The number of nitrogens with zero attached hydrogens (tertiary/aromatic N) is 4. The molecule has 0 saturated heterocycles. The van der Waals surface area contributed by atoms with Gasteiger partial charge in [0.05, 0.1) is 103 Å². The molecule has 9 heterocycles. The summed E-state index contributed by atoms with van der Waals surface area (Å²) < 4.78 is 103. The number of carboxylic acid groups (broad SMARTS) is 2. The molecular weight excluding hydrogens is 1970 g/mol. The van der Waals surface area contributed by atoms with Crippen molar-refractivity contribution in [1.82, 2.24) is 19.9 Å². The lowest BCUT2D eigenvalue weighted by atomic mass is 9.98. The van der Waals surface area contributed by atoms with E-state index < -0.39 is 17.9 Å². The molecule has 0 amide bonds. The number of carbonyl (C=O) groups is 5. The molecule has 650 valence electrons. The normalized spacial score (nSPS) is 12.3. The Morgan fingerprint density at radius 3 is 1.17 bits per heavy atom. The van der Waals surface area contributed by atoms with E-state index in [1.807, 2.05) is 42.5 Å². The molecule has 0 spiro atoms. The van der Waals surface area contributed by atoms with Gasteiger partial charge in [-0.3, -0.25) is 34.3 Å². The first-order valence-electron chi connectivity index (χ1n) is 37.8. The minimum Gasteiger partial charge on any atom is -0.493 e. The zero-order chi connectivity index (χ0) is 89.7. The third-order valence-electron chi connectivity index (χ3n) is 19.1. The Bertz CT molecular complexity index is 6330. The number of hydrogen-bond acceptors (Lipinski definition) is 29. The van der Waals surface area contributed by atoms with Crippen LogP contribution >= 0.6 is 67.8 Å². The van der Waals surface area contributed by atoms with Crippen LogP contribution in [0.2, 0.25) is 0 Å². The van der Waals surface area contributed by atoms with Gasteiger partial charge in [-0.1, -0.05) is 0 Å². The highest BCUT2D eigenvalue weighted by atomic mass is 127. The number of benzene rings is 9.